The van der Waals surface area contributed by atoms with Gasteiger partial charge in [0.1, 0.15) is 23.9 Å². The number of nitrogens with zero attached hydrogens (tertiary/aromatic N) is 5. The van der Waals surface area contributed by atoms with Gasteiger partial charge in [0.2, 0.25) is 5.82 Å². The number of hydrogen-bond donors (Lipinski definition) is 3. The van der Waals surface area contributed by atoms with Gasteiger partial charge in [-0.05, 0) is 54.8 Å². The van der Waals surface area contributed by atoms with Gasteiger partial charge in [-0.2, -0.15) is 5.21 Å². The highest BCUT2D eigenvalue weighted by Gasteiger charge is 2.25. The Hall–Kier alpha value is -5.00. The molecule has 6 rings (SSSR count). The van der Waals surface area contributed by atoms with E-state index in [0.29, 0.717) is 28.7 Å². The summed E-state index contributed by atoms with van der Waals surface area (Å²) in [7, 11) is 0. The van der Waals surface area contributed by atoms with Crippen LogP contribution in [0, 0.1) is 0 Å². The number of rotatable bonds is 10. The third-order valence-electron chi connectivity index (χ3n) is 7.39. The number of aliphatic carboxylic acids is 1. The van der Waals surface area contributed by atoms with Crippen LogP contribution in [0.3, 0.4) is 0 Å². The molecule has 1 atom stereocenters. The Balaban J connectivity index is 1.18. The van der Waals surface area contributed by atoms with Crippen molar-refractivity contribution < 1.29 is 23.8 Å². The van der Waals surface area contributed by atoms with Crippen molar-refractivity contribution in [2.75, 3.05) is 0 Å². The van der Waals surface area contributed by atoms with E-state index in [9.17, 15) is 14.7 Å². The lowest BCUT2D eigenvalue weighted by Crippen LogP contribution is -2.42. The minimum absolute atomic E-state index is 0.107. The van der Waals surface area contributed by atoms with E-state index in [1.54, 1.807) is 48.9 Å². The molecule has 1 unspecified atom stereocenters. The van der Waals surface area contributed by atoms with Gasteiger partial charge in [-0.3, -0.25) is 4.79 Å². The molecule has 41 heavy (non-hydrogen) atoms. The van der Waals surface area contributed by atoms with Gasteiger partial charge in [0.25, 0.3) is 5.91 Å². The van der Waals surface area contributed by atoms with Crippen LogP contribution in [0.5, 0.6) is 5.75 Å². The smallest absolute Gasteiger partial charge is 0.326 e. The average Bonchev–Trinajstić information content (AvgIpc) is 3.78. The standard InChI is InChI=1S/C29H29N7O5/c37-28(31-24(29(38)39)14-18-6-9-22(10-7-18)41-17-26-32-34-35-33-26)19-8-11-25-23(15-19)30-27(20-12-13-40-16-20)36(25)21-4-2-1-3-5-21/h6-13,15-16,21,24H,1-5,14,17H2,(H,31,37)(H,38,39)(H,32,33,34,35). The first-order valence-corrected chi connectivity index (χ1v) is 13.6. The Labute approximate surface area is 234 Å². The van der Waals surface area contributed by atoms with Crippen LogP contribution in [0.4, 0.5) is 0 Å². The number of furan rings is 1. The van der Waals surface area contributed by atoms with Crippen LogP contribution in [-0.2, 0) is 17.8 Å². The lowest BCUT2D eigenvalue weighted by molar-refractivity contribution is -0.139. The monoisotopic (exact) mass is 555 g/mol. The minimum atomic E-state index is -1.12. The number of carboxylic acid groups (broad SMARTS) is 1. The number of benzene rings is 2. The molecule has 0 spiro atoms. The highest BCUT2D eigenvalue weighted by Crippen LogP contribution is 2.36. The number of carbonyl (C=O) groups excluding carboxylic acids is 1. The number of imidazole rings is 1. The van der Waals surface area contributed by atoms with E-state index in [1.807, 2.05) is 12.1 Å². The molecule has 12 nitrogen and oxygen atoms in total. The maximum Gasteiger partial charge on any atom is 0.326 e. The van der Waals surface area contributed by atoms with E-state index in [0.717, 1.165) is 35.3 Å². The van der Waals surface area contributed by atoms with Gasteiger partial charge < -0.3 is 24.1 Å². The highest BCUT2D eigenvalue weighted by molar-refractivity contribution is 5.99. The van der Waals surface area contributed by atoms with Crippen LogP contribution in [0.25, 0.3) is 22.4 Å². The topological polar surface area (TPSA) is 161 Å². The summed E-state index contributed by atoms with van der Waals surface area (Å²) < 4.78 is 13.2. The number of tetrazole rings is 1. The number of amides is 1. The summed E-state index contributed by atoms with van der Waals surface area (Å²) in [6.07, 6.45) is 9.13. The Kier molecular flexibility index (Phi) is 7.44. The molecule has 0 aliphatic heterocycles. The van der Waals surface area contributed by atoms with Gasteiger partial charge in [0, 0.05) is 18.0 Å². The summed E-state index contributed by atoms with van der Waals surface area (Å²) >= 11 is 0. The molecular formula is C29H29N7O5. The van der Waals surface area contributed by atoms with E-state index in [4.69, 9.17) is 14.1 Å². The lowest BCUT2D eigenvalue weighted by atomic mass is 9.95. The van der Waals surface area contributed by atoms with Gasteiger partial charge in [-0.25, -0.2) is 9.78 Å². The largest absolute Gasteiger partial charge is 0.485 e. The second-order valence-corrected chi connectivity index (χ2v) is 10.1. The highest BCUT2D eigenvalue weighted by atomic mass is 16.5. The predicted molar refractivity (Wildman–Crippen MR) is 147 cm³/mol. The second kappa shape index (κ2) is 11.6. The minimum Gasteiger partial charge on any atom is -0.485 e. The van der Waals surface area contributed by atoms with Crippen molar-refractivity contribution in [3.05, 3.63) is 78.0 Å². The average molecular weight is 556 g/mol. The van der Waals surface area contributed by atoms with Crippen molar-refractivity contribution in [2.24, 2.45) is 0 Å². The maximum absolute atomic E-state index is 13.2. The fourth-order valence-corrected chi connectivity index (χ4v) is 5.33. The SMILES string of the molecule is O=C(NC(Cc1ccc(OCc2nn[nH]n2)cc1)C(=O)O)c1ccc2c(c1)nc(-c1ccoc1)n2C1CCCCC1. The van der Waals surface area contributed by atoms with Crippen molar-refractivity contribution in [2.45, 2.75) is 57.2 Å². The zero-order valence-corrected chi connectivity index (χ0v) is 22.2. The Morgan fingerprint density at radius 2 is 1.95 bits per heavy atom. The second-order valence-electron chi connectivity index (χ2n) is 10.1. The van der Waals surface area contributed by atoms with Crippen LogP contribution >= 0.6 is 0 Å². The number of hydrogen-bond acceptors (Lipinski definition) is 8. The molecule has 3 N–H and O–H groups in total. The lowest BCUT2D eigenvalue weighted by Gasteiger charge is -2.25. The van der Waals surface area contributed by atoms with E-state index < -0.39 is 17.9 Å². The summed E-state index contributed by atoms with van der Waals surface area (Å²) in [6, 6.07) is 13.4. The van der Waals surface area contributed by atoms with Gasteiger partial charge in [-0.15, -0.1) is 10.2 Å². The van der Waals surface area contributed by atoms with Crippen LogP contribution in [0.2, 0.25) is 0 Å². The van der Waals surface area contributed by atoms with Crippen LogP contribution < -0.4 is 10.1 Å². The number of nitrogens with one attached hydrogen (secondary N) is 2. The quantitative estimate of drug-likeness (QED) is 0.228. The molecule has 12 heteroatoms. The molecular weight excluding hydrogens is 526 g/mol. The Bertz CT molecular complexity index is 1620. The van der Waals surface area contributed by atoms with Gasteiger partial charge in [-0.1, -0.05) is 36.6 Å². The molecule has 1 aliphatic carbocycles. The summed E-state index contributed by atoms with van der Waals surface area (Å²) in [5.74, 6) is 0.202. The first-order chi connectivity index (χ1) is 20.0. The van der Waals surface area contributed by atoms with Gasteiger partial charge in [0.15, 0.2) is 6.61 Å². The normalized spacial score (nSPS) is 14.6. The fourth-order valence-electron chi connectivity index (χ4n) is 5.33. The fraction of sp³-hybridized carbons (Fsp3) is 0.310. The zero-order chi connectivity index (χ0) is 28.2. The van der Waals surface area contributed by atoms with Crippen molar-refractivity contribution in [3.63, 3.8) is 0 Å². The number of fused-ring (bicyclic) bond motifs is 1. The van der Waals surface area contributed by atoms with E-state index in [1.165, 1.54) is 19.3 Å². The van der Waals surface area contributed by atoms with Crippen molar-refractivity contribution in [1.82, 2.24) is 35.5 Å². The van der Waals surface area contributed by atoms with Gasteiger partial charge in [0.05, 0.1) is 22.9 Å². The number of H-pyrrole nitrogens is 1. The first-order valence-electron chi connectivity index (χ1n) is 13.6. The first kappa shape index (κ1) is 26.2. The van der Waals surface area contributed by atoms with Crippen molar-refractivity contribution >= 4 is 22.9 Å². The number of ether oxygens (including phenoxy) is 1. The van der Waals surface area contributed by atoms with E-state index in [2.05, 4.69) is 30.5 Å². The van der Waals surface area contributed by atoms with Crippen molar-refractivity contribution in [3.8, 4) is 17.1 Å². The summed E-state index contributed by atoms with van der Waals surface area (Å²) in [6.45, 7) is 0.149. The van der Waals surface area contributed by atoms with Gasteiger partial charge >= 0.3 is 5.97 Å². The summed E-state index contributed by atoms with van der Waals surface area (Å²) in [4.78, 5) is 30.1. The molecule has 1 saturated carbocycles. The molecule has 0 radical (unpaired) electrons. The molecule has 3 heterocycles. The molecule has 2 aromatic carbocycles. The number of aromatic nitrogens is 6. The molecule has 5 aromatic rings. The predicted octanol–water partition coefficient (Wildman–Crippen LogP) is 4.32. The Morgan fingerprint density at radius 3 is 2.66 bits per heavy atom. The number of carbonyl (C=O) groups is 2. The maximum atomic E-state index is 13.2. The number of aromatic amines is 1. The summed E-state index contributed by atoms with van der Waals surface area (Å²) in [5, 5.41) is 26.0. The third-order valence-corrected chi connectivity index (χ3v) is 7.39. The zero-order valence-electron chi connectivity index (χ0n) is 22.2. The Morgan fingerprint density at radius 1 is 1.12 bits per heavy atom. The van der Waals surface area contributed by atoms with Crippen LogP contribution in [0.1, 0.15) is 59.9 Å². The molecule has 1 fully saturated rings. The van der Waals surface area contributed by atoms with E-state index in [-0.39, 0.29) is 13.0 Å². The number of carboxylic acids is 1. The third kappa shape index (κ3) is 5.81. The molecule has 1 amide bonds. The molecule has 0 saturated heterocycles. The van der Waals surface area contributed by atoms with Crippen LogP contribution in [0.15, 0.2) is 65.5 Å². The molecule has 0 bridgehead atoms. The molecule has 1 aliphatic rings. The van der Waals surface area contributed by atoms with E-state index >= 15 is 0 Å². The molecule has 210 valence electrons. The van der Waals surface area contributed by atoms with Crippen molar-refractivity contribution in [1.29, 1.82) is 0 Å². The van der Waals surface area contributed by atoms with Crippen LogP contribution in [-0.4, -0.2) is 53.2 Å². The molecule has 3 aromatic heterocycles. The summed E-state index contributed by atoms with van der Waals surface area (Å²) in [5.41, 5.74) is 3.59.